The van der Waals surface area contributed by atoms with Crippen molar-refractivity contribution in [1.29, 1.82) is 0 Å². The van der Waals surface area contributed by atoms with Crippen molar-refractivity contribution in [3.63, 3.8) is 0 Å². The Balaban J connectivity index is 0.000000235. The van der Waals surface area contributed by atoms with Crippen LogP contribution in [0, 0.1) is 0 Å². The lowest BCUT2D eigenvalue weighted by atomic mass is 10.0. The van der Waals surface area contributed by atoms with E-state index in [0.29, 0.717) is 24.9 Å². The Bertz CT molecular complexity index is 962. The first-order valence-corrected chi connectivity index (χ1v) is 10.3. The molecule has 180 valence electrons. The first-order valence-electron chi connectivity index (χ1n) is 10.3. The molecular weight excluding hydrogens is 445 g/mol. The van der Waals surface area contributed by atoms with Crippen LogP contribution in [0.5, 0.6) is 0 Å². The van der Waals surface area contributed by atoms with E-state index in [9.17, 15) is 28.2 Å². The fourth-order valence-corrected chi connectivity index (χ4v) is 3.30. The molecule has 2 aliphatic rings. The van der Waals surface area contributed by atoms with Crippen LogP contribution in [0.15, 0.2) is 24.5 Å². The topological polar surface area (TPSA) is 156 Å². The van der Waals surface area contributed by atoms with Gasteiger partial charge in [-0.2, -0.15) is 13.2 Å². The average Bonchev–Trinajstić information content (AvgIpc) is 2.79. The van der Waals surface area contributed by atoms with Crippen LogP contribution in [-0.2, 0) is 17.3 Å². The predicted molar refractivity (Wildman–Crippen MR) is 111 cm³/mol. The number of aromatic nitrogens is 3. The number of nitrogens with one attached hydrogen (secondary N) is 2. The number of carbonyl (C=O) groups is 1. The molecule has 2 aliphatic heterocycles. The molecule has 1 saturated heterocycles. The van der Waals surface area contributed by atoms with Crippen molar-refractivity contribution in [1.82, 2.24) is 20.3 Å². The van der Waals surface area contributed by atoms with Crippen molar-refractivity contribution in [3.8, 4) is 0 Å². The number of carbonyl (C=O) groups excluding carboxylic acids is 1. The van der Waals surface area contributed by atoms with E-state index < -0.39 is 30.2 Å². The molecule has 3 unspecified atom stereocenters. The van der Waals surface area contributed by atoms with Crippen LogP contribution in [0.25, 0.3) is 0 Å². The van der Waals surface area contributed by atoms with E-state index in [1.54, 1.807) is 6.07 Å². The number of aliphatic hydroxyl groups is 2. The second kappa shape index (κ2) is 10.7. The van der Waals surface area contributed by atoms with E-state index in [1.165, 1.54) is 0 Å². The predicted octanol–water partition coefficient (Wildman–Crippen LogP) is 0.758. The van der Waals surface area contributed by atoms with Gasteiger partial charge in [-0.25, -0.2) is 9.97 Å². The molecule has 2 aromatic rings. The molecule has 0 saturated carbocycles. The number of amides is 1. The number of rotatable bonds is 3. The minimum Gasteiger partial charge on any atom is -0.390 e. The highest BCUT2D eigenvalue weighted by Crippen LogP contribution is 2.27. The number of nitrogens with zero attached hydrogens (tertiary/aromatic N) is 3. The van der Waals surface area contributed by atoms with Crippen LogP contribution in [-0.4, -0.2) is 69.1 Å². The van der Waals surface area contributed by atoms with Crippen molar-refractivity contribution in [3.05, 3.63) is 41.6 Å². The fraction of sp³-hybridized carbons (Fsp3) is 0.500. The Hall–Kier alpha value is -3.03. The van der Waals surface area contributed by atoms with Crippen LogP contribution in [0.3, 0.4) is 0 Å². The average molecular weight is 470 g/mol. The number of ether oxygens (including phenoxy) is 1. The number of alkyl halides is 3. The summed E-state index contributed by atoms with van der Waals surface area (Å²) in [5, 5.41) is 25.4. The van der Waals surface area contributed by atoms with Gasteiger partial charge in [0.15, 0.2) is 5.69 Å². The maximum absolute atomic E-state index is 12.2. The molecule has 13 heteroatoms. The van der Waals surface area contributed by atoms with Gasteiger partial charge in [-0.05, 0) is 31.4 Å². The van der Waals surface area contributed by atoms with Crippen molar-refractivity contribution in [2.45, 2.75) is 43.8 Å². The molecule has 1 fully saturated rings. The van der Waals surface area contributed by atoms with Gasteiger partial charge in [-0.1, -0.05) is 0 Å². The maximum atomic E-state index is 12.2. The van der Waals surface area contributed by atoms with Crippen LogP contribution in [0.1, 0.15) is 34.7 Å². The monoisotopic (exact) mass is 470 g/mol. The number of hydrogen-bond donors (Lipinski definition) is 5. The molecule has 6 N–H and O–H groups in total. The number of anilines is 2. The third-order valence-electron chi connectivity index (χ3n) is 5.04. The number of pyridine rings is 1. The smallest absolute Gasteiger partial charge is 0.390 e. The lowest BCUT2D eigenvalue weighted by molar-refractivity contribution is -0.141. The van der Waals surface area contributed by atoms with Gasteiger partial charge >= 0.3 is 6.18 Å². The zero-order chi connectivity index (χ0) is 24.0. The van der Waals surface area contributed by atoms with Crippen LogP contribution in [0.4, 0.5) is 24.7 Å². The Morgan fingerprint density at radius 3 is 2.76 bits per heavy atom. The summed E-state index contributed by atoms with van der Waals surface area (Å²) >= 11 is 0. The molecule has 0 aliphatic carbocycles. The summed E-state index contributed by atoms with van der Waals surface area (Å²) in [5.74, 6) is -0.538. The van der Waals surface area contributed by atoms with Crippen molar-refractivity contribution >= 4 is 17.4 Å². The van der Waals surface area contributed by atoms with Crippen LogP contribution < -0.4 is 16.4 Å². The van der Waals surface area contributed by atoms with Gasteiger partial charge in [-0.3, -0.25) is 9.78 Å². The number of aliphatic hydroxyl groups excluding tert-OH is 2. The summed E-state index contributed by atoms with van der Waals surface area (Å²) in [6.45, 7) is 1.45. The number of fused-ring (bicyclic) bond motifs is 1. The number of nitrogens with two attached hydrogens (primary N) is 1. The third-order valence-corrected chi connectivity index (χ3v) is 5.04. The van der Waals surface area contributed by atoms with Gasteiger partial charge in [0.1, 0.15) is 23.7 Å². The van der Waals surface area contributed by atoms with E-state index in [1.807, 2.05) is 6.07 Å². The van der Waals surface area contributed by atoms with Gasteiger partial charge < -0.3 is 31.3 Å². The molecule has 10 nitrogen and oxygen atoms in total. The van der Waals surface area contributed by atoms with E-state index in [4.69, 9.17) is 10.5 Å². The van der Waals surface area contributed by atoms with Crippen molar-refractivity contribution < 1.29 is 32.9 Å². The molecular formula is C20H25F3N6O4. The van der Waals surface area contributed by atoms with E-state index in [0.717, 1.165) is 37.0 Å². The second-order valence-electron chi connectivity index (χ2n) is 7.51. The third kappa shape index (κ3) is 6.73. The Morgan fingerprint density at radius 2 is 2.06 bits per heavy atom. The molecule has 33 heavy (non-hydrogen) atoms. The highest BCUT2D eigenvalue weighted by molar-refractivity contribution is 5.92. The summed E-state index contributed by atoms with van der Waals surface area (Å²) in [4.78, 5) is 22.8. The Kier molecular flexibility index (Phi) is 8.00. The second-order valence-corrected chi connectivity index (χ2v) is 7.51. The first-order chi connectivity index (χ1) is 15.6. The molecule has 0 bridgehead atoms. The summed E-state index contributed by atoms with van der Waals surface area (Å²) in [6, 6.07) is 3.55. The van der Waals surface area contributed by atoms with Gasteiger partial charge in [0.25, 0.3) is 5.91 Å². The summed E-state index contributed by atoms with van der Waals surface area (Å²) in [6.07, 6.45) is -2.89. The molecule has 3 atom stereocenters. The Labute approximate surface area is 187 Å². The Morgan fingerprint density at radius 1 is 1.27 bits per heavy atom. The molecule has 0 spiro atoms. The zero-order valence-electron chi connectivity index (χ0n) is 17.5. The molecule has 0 radical (unpaired) electrons. The normalized spacial score (nSPS) is 22.3. The highest BCUT2D eigenvalue weighted by atomic mass is 19.4. The van der Waals surface area contributed by atoms with Gasteiger partial charge in [-0.15, -0.1) is 0 Å². The molecule has 1 amide bonds. The summed E-state index contributed by atoms with van der Waals surface area (Å²) < 4.78 is 40.8. The molecule has 4 heterocycles. The number of halogens is 3. The van der Waals surface area contributed by atoms with Crippen LogP contribution in [0.2, 0.25) is 0 Å². The molecule has 0 aromatic carbocycles. The van der Waals surface area contributed by atoms with Crippen molar-refractivity contribution in [2.24, 2.45) is 0 Å². The first kappa shape index (κ1) is 24.6. The van der Waals surface area contributed by atoms with E-state index >= 15 is 0 Å². The standard InChI is InChI=1S/C15H21N3O4.C5H4F3N3/c19-12-5-7-22-13(14(12)20)8-17-15(21)11-4-3-9-10(18-11)2-1-6-16-9;6-5(7,8)3-1-10-2-4(9)11-3/h3-4,12-14,16,19-20H,1-2,5-8H2,(H,17,21);1-2H,(H2,9,11). The van der Waals surface area contributed by atoms with Gasteiger partial charge in [0, 0.05) is 19.7 Å². The van der Waals surface area contributed by atoms with Crippen LogP contribution >= 0.6 is 0 Å². The van der Waals surface area contributed by atoms with Gasteiger partial charge in [0.05, 0.1) is 29.9 Å². The van der Waals surface area contributed by atoms with E-state index in [-0.39, 0.29) is 18.3 Å². The SMILES string of the molecule is Nc1cncc(C(F)(F)F)n1.O=C(NCC1OCCC(O)C1O)c1ccc2c(n1)CCCN2. The van der Waals surface area contributed by atoms with Gasteiger partial charge in [0.2, 0.25) is 0 Å². The fourth-order valence-electron chi connectivity index (χ4n) is 3.30. The minimum absolute atomic E-state index is 0.147. The minimum atomic E-state index is -4.47. The highest BCUT2D eigenvalue weighted by Gasteiger charge is 2.33. The largest absolute Gasteiger partial charge is 0.434 e. The number of hydrogen-bond acceptors (Lipinski definition) is 9. The number of aryl methyl sites for hydroxylation is 1. The summed E-state index contributed by atoms with van der Waals surface area (Å²) in [5.41, 5.74) is 6.15. The molecule has 4 rings (SSSR count). The lowest BCUT2D eigenvalue weighted by Gasteiger charge is -2.32. The van der Waals surface area contributed by atoms with E-state index in [2.05, 4.69) is 25.6 Å². The molecule has 2 aromatic heterocycles. The quantitative estimate of drug-likeness (QED) is 0.437. The zero-order valence-corrected chi connectivity index (χ0v) is 17.5. The maximum Gasteiger partial charge on any atom is 0.434 e. The van der Waals surface area contributed by atoms with Crippen molar-refractivity contribution in [2.75, 3.05) is 30.7 Å². The number of nitrogen functional groups attached to an aromatic ring is 1. The summed E-state index contributed by atoms with van der Waals surface area (Å²) in [7, 11) is 0. The lowest BCUT2D eigenvalue weighted by Crippen LogP contribution is -2.50.